The number of aromatic nitrogens is 5. The fourth-order valence-electron chi connectivity index (χ4n) is 4.19. The molecule has 12 heteroatoms. The number of fused-ring (bicyclic) bond motifs is 1. The highest BCUT2D eigenvalue weighted by Gasteiger charge is 2.22. The summed E-state index contributed by atoms with van der Waals surface area (Å²) in [4.78, 5) is 33.7. The van der Waals surface area contributed by atoms with E-state index in [1.807, 2.05) is 23.6 Å². The molecule has 37 heavy (non-hydrogen) atoms. The number of benzene rings is 1. The number of imidazole rings is 1. The predicted octanol–water partition coefficient (Wildman–Crippen LogP) is 3.71. The van der Waals surface area contributed by atoms with Crippen LogP contribution in [0.2, 0.25) is 0 Å². The van der Waals surface area contributed by atoms with Gasteiger partial charge in [0.2, 0.25) is 5.95 Å². The fourth-order valence-corrected chi connectivity index (χ4v) is 5.04. The van der Waals surface area contributed by atoms with Gasteiger partial charge in [-0.2, -0.15) is 9.97 Å². The number of aryl methyl sites for hydroxylation is 2. The van der Waals surface area contributed by atoms with Crippen molar-refractivity contribution < 1.29 is 19.0 Å². The quantitative estimate of drug-likeness (QED) is 0.343. The van der Waals surface area contributed by atoms with Crippen molar-refractivity contribution in [2.45, 2.75) is 27.3 Å². The summed E-state index contributed by atoms with van der Waals surface area (Å²) in [6.45, 7) is 9.09. The molecule has 0 radical (unpaired) electrons. The zero-order valence-corrected chi connectivity index (χ0v) is 22.1. The van der Waals surface area contributed by atoms with E-state index in [1.165, 1.54) is 11.3 Å². The molecule has 1 N–H and O–H groups in total. The van der Waals surface area contributed by atoms with Crippen molar-refractivity contribution >= 4 is 45.4 Å². The average molecular weight is 524 g/mol. The van der Waals surface area contributed by atoms with Crippen molar-refractivity contribution in [2.75, 3.05) is 50.2 Å². The van der Waals surface area contributed by atoms with Gasteiger partial charge in [-0.15, -0.1) is 0 Å². The highest BCUT2D eigenvalue weighted by molar-refractivity contribution is 7.17. The number of nitrogens with one attached hydrogen (secondary N) is 1. The molecule has 0 spiro atoms. The minimum Gasteiger partial charge on any atom is -0.496 e. The van der Waals surface area contributed by atoms with Crippen molar-refractivity contribution in [1.29, 1.82) is 0 Å². The highest BCUT2D eigenvalue weighted by Crippen LogP contribution is 2.30. The van der Waals surface area contributed by atoms with Crippen LogP contribution in [0, 0.1) is 13.8 Å². The van der Waals surface area contributed by atoms with E-state index in [-0.39, 0.29) is 5.97 Å². The topological polar surface area (TPSA) is 117 Å². The van der Waals surface area contributed by atoms with Crippen LogP contribution < -0.4 is 15.0 Å². The number of esters is 1. The third-order valence-corrected chi connectivity index (χ3v) is 7.11. The van der Waals surface area contributed by atoms with Crippen LogP contribution in [0.1, 0.15) is 33.4 Å². The number of carbonyl (C=O) groups is 1. The van der Waals surface area contributed by atoms with Crippen molar-refractivity contribution in [3.63, 3.8) is 0 Å². The summed E-state index contributed by atoms with van der Waals surface area (Å²) in [7, 11) is 1.67. The summed E-state index contributed by atoms with van der Waals surface area (Å²) in [5.41, 5.74) is 4.15. The molecule has 5 rings (SSSR count). The fraction of sp³-hybridized carbons (Fsp3) is 0.400. The lowest BCUT2D eigenvalue weighted by molar-refractivity contribution is 0.0531. The Kier molecular flexibility index (Phi) is 7.19. The van der Waals surface area contributed by atoms with Crippen molar-refractivity contribution in [3.05, 3.63) is 46.2 Å². The molecule has 0 unspecified atom stereocenters. The predicted molar refractivity (Wildman–Crippen MR) is 141 cm³/mol. The Balaban J connectivity index is 1.53. The van der Waals surface area contributed by atoms with E-state index >= 15 is 0 Å². The third-order valence-electron chi connectivity index (χ3n) is 6.06. The van der Waals surface area contributed by atoms with Gasteiger partial charge in [-0.05, 0) is 38.0 Å². The van der Waals surface area contributed by atoms with Crippen LogP contribution in [0.25, 0.3) is 11.2 Å². The van der Waals surface area contributed by atoms with Gasteiger partial charge < -0.3 is 23.7 Å². The number of hydrogen-bond acceptors (Lipinski definition) is 11. The lowest BCUT2D eigenvalue weighted by Gasteiger charge is -2.28. The van der Waals surface area contributed by atoms with Gasteiger partial charge in [0.25, 0.3) is 0 Å². The standard InChI is InChI=1S/C25H29N7O4S/c1-5-36-23(33)20-16(3)27-25(37-20)30-24-28-21(31-8-10-35-11-9-31)19-22(29-24)32(14-26-19)13-17-7-6-15(2)18(12-17)34-4/h6-7,12,14H,5,8-11,13H2,1-4H3,(H,27,28,29,30). The first kappa shape index (κ1) is 24.9. The first-order valence-corrected chi connectivity index (χ1v) is 12.9. The second-order valence-electron chi connectivity index (χ2n) is 8.60. The molecule has 194 valence electrons. The van der Waals surface area contributed by atoms with E-state index in [9.17, 15) is 4.79 Å². The molecular weight excluding hydrogens is 494 g/mol. The maximum absolute atomic E-state index is 12.3. The average Bonchev–Trinajstić information content (AvgIpc) is 3.48. The normalized spacial score (nSPS) is 13.7. The molecule has 0 atom stereocenters. The Morgan fingerprint density at radius 1 is 1.19 bits per heavy atom. The lowest BCUT2D eigenvalue weighted by Crippen LogP contribution is -2.37. The maximum atomic E-state index is 12.3. The Morgan fingerprint density at radius 2 is 2.00 bits per heavy atom. The first-order chi connectivity index (χ1) is 18.0. The number of hydrogen-bond donors (Lipinski definition) is 1. The molecule has 1 aliphatic rings. The molecule has 1 fully saturated rings. The first-order valence-electron chi connectivity index (χ1n) is 12.1. The molecule has 11 nitrogen and oxygen atoms in total. The van der Waals surface area contributed by atoms with Gasteiger partial charge in [0, 0.05) is 13.1 Å². The van der Waals surface area contributed by atoms with Crippen molar-refractivity contribution in [3.8, 4) is 5.75 Å². The van der Waals surface area contributed by atoms with E-state index < -0.39 is 0 Å². The van der Waals surface area contributed by atoms with E-state index in [2.05, 4.69) is 26.3 Å². The number of rotatable bonds is 8. The largest absolute Gasteiger partial charge is 0.496 e. The second-order valence-corrected chi connectivity index (χ2v) is 9.60. The number of anilines is 3. The summed E-state index contributed by atoms with van der Waals surface area (Å²) in [5, 5.41) is 3.71. The molecule has 0 saturated carbocycles. The van der Waals surface area contributed by atoms with Crippen molar-refractivity contribution in [2.24, 2.45) is 0 Å². The zero-order valence-electron chi connectivity index (χ0n) is 21.3. The van der Waals surface area contributed by atoms with Crippen LogP contribution in [-0.2, 0) is 16.0 Å². The molecular formula is C25H29N7O4S. The minimum atomic E-state index is -0.387. The molecule has 1 aromatic carbocycles. The summed E-state index contributed by atoms with van der Waals surface area (Å²) >= 11 is 1.22. The summed E-state index contributed by atoms with van der Waals surface area (Å²) in [6, 6.07) is 6.14. The van der Waals surface area contributed by atoms with Crippen LogP contribution in [-0.4, -0.2) is 70.5 Å². The molecule has 4 heterocycles. The molecule has 1 aliphatic heterocycles. The van der Waals surface area contributed by atoms with Gasteiger partial charge in [-0.25, -0.2) is 14.8 Å². The van der Waals surface area contributed by atoms with E-state index in [1.54, 1.807) is 27.3 Å². The third kappa shape index (κ3) is 5.20. The Morgan fingerprint density at radius 3 is 2.76 bits per heavy atom. The van der Waals surface area contributed by atoms with E-state index in [0.29, 0.717) is 72.3 Å². The maximum Gasteiger partial charge on any atom is 0.350 e. The molecule has 0 amide bonds. The Labute approximate surface area is 218 Å². The van der Waals surface area contributed by atoms with Gasteiger partial charge in [-0.3, -0.25) is 5.32 Å². The van der Waals surface area contributed by atoms with E-state index in [0.717, 1.165) is 22.7 Å². The molecule has 1 saturated heterocycles. The smallest absolute Gasteiger partial charge is 0.350 e. The number of methoxy groups -OCH3 is 1. The van der Waals surface area contributed by atoms with Crippen molar-refractivity contribution in [1.82, 2.24) is 24.5 Å². The van der Waals surface area contributed by atoms with Gasteiger partial charge in [0.05, 0.1) is 45.5 Å². The number of nitrogens with zero attached hydrogens (tertiary/aromatic N) is 6. The lowest BCUT2D eigenvalue weighted by atomic mass is 10.1. The molecule has 4 aromatic rings. The zero-order chi connectivity index (χ0) is 25.9. The van der Waals surface area contributed by atoms with Crippen LogP contribution in [0.5, 0.6) is 5.75 Å². The molecule has 0 aliphatic carbocycles. The minimum absolute atomic E-state index is 0.304. The summed E-state index contributed by atoms with van der Waals surface area (Å²) < 4.78 is 18.2. The van der Waals surface area contributed by atoms with Gasteiger partial charge >= 0.3 is 5.97 Å². The second kappa shape index (κ2) is 10.7. The van der Waals surface area contributed by atoms with Gasteiger partial charge in [0.1, 0.15) is 10.6 Å². The Hall–Kier alpha value is -3.77. The van der Waals surface area contributed by atoms with E-state index in [4.69, 9.17) is 24.2 Å². The van der Waals surface area contributed by atoms with Crippen LogP contribution in [0.3, 0.4) is 0 Å². The van der Waals surface area contributed by atoms with Crippen LogP contribution in [0.4, 0.5) is 16.9 Å². The number of carbonyl (C=O) groups excluding carboxylic acids is 1. The van der Waals surface area contributed by atoms with Gasteiger partial charge in [0.15, 0.2) is 22.1 Å². The summed E-state index contributed by atoms with van der Waals surface area (Å²) in [5.74, 6) is 1.56. The molecule has 3 aromatic heterocycles. The number of morpholine rings is 1. The van der Waals surface area contributed by atoms with Crippen LogP contribution in [0.15, 0.2) is 24.5 Å². The molecule has 0 bridgehead atoms. The van der Waals surface area contributed by atoms with Gasteiger partial charge in [-0.1, -0.05) is 23.5 Å². The highest BCUT2D eigenvalue weighted by atomic mass is 32.1. The summed E-state index contributed by atoms with van der Waals surface area (Å²) in [6.07, 6.45) is 1.78. The number of ether oxygens (including phenoxy) is 3. The SMILES string of the molecule is CCOC(=O)c1sc(Nc2nc(N3CCOCC3)c3ncn(Cc4ccc(C)c(OC)c4)c3n2)nc1C. The van der Waals surface area contributed by atoms with Crippen LogP contribution >= 0.6 is 11.3 Å². The Bertz CT molecular complexity index is 1430. The number of thiazole rings is 1. The monoisotopic (exact) mass is 523 g/mol.